The molecule has 0 aliphatic carbocycles. The molecule has 3 N–H and O–H groups in total. The lowest BCUT2D eigenvalue weighted by Gasteiger charge is -2.21. The fraction of sp³-hybridized carbons (Fsp3) is 0.200. The van der Waals surface area contributed by atoms with Crippen LogP contribution in [0, 0.1) is 5.41 Å². The molecule has 2 aromatic rings. The molecular formula is C20H22N4O2. The van der Waals surface area contributed by atoms with Crippen LogP contribution < -0.4 is 15.5 Å². The number of methoxy groups -OCH3 is 1. The quantitative estimate of drug-likeness (QED) is 0.375. The number of carbonyl (C=O) groups is 1. The number of anilines is 2. The molecule has 0 aromatic heterocycles. The largest absolute Gasteiger partial charge is 0.466 e. The maximum atomic E-state index is 11.1. The van der Waals surface area contributed by atoms with E-state index < -0.39 is 0 Å². The van der Waals surface area contributed by atoms with E-state index in [1.165, 1.54) is 13.2 Å². The minimum absolute atomic E-state index is 0.0842. The topological polar surface area (TPSA) is 82.7 Å². The summed E-state index contributed by atoms with van der Waals surface area (Å²) in [5.41, 5.74) is 9.46. The molecular weight excluding hydrogens is 328 g/mol. The molecule has 1 aliphatic rings. The summed E-state index contributed by atoms with van der Waals surface area (Å²) < 4.78 is 4.59. The number of ether oxygens (including phenoxy) is 1. The molecule has 134 valence electrons. The lowest BCUT2D eigenvalue weighted by molar-refractivity contribution is -0.134. The normalized spacial score (nSPS) is 14.0. The van der Waals surface area contributed by atoms with E-state index in [-0.39, 0.29) is 11.8 Å². The highest BCUT2D eigenvalue weighted by atomic mass is 16.5. The molecule has 0 atom stereocenters. The highest BCUT2D eigenvalue weighted by molar-refractivity contribution is 5.95. The summed E-state index contributed by atoms with van der Waals surface area (Å²) in [6.45, 7) is 2.67. The Kier molecular flexibility index (Phi) is 5.22. The number of nitrogen functional groups attached to an aromatic ring is 1. The van der Waals surface area contributed by atoms with Gasteiger partial charge in [0.05, 0.1) is 13.8 Å². The van der Waals surface area contributed by atoms with Crippen molar-refractivity contribution in [2.24, 2.45) is 5.73 Å². The summed E-state index contributed by atoms with van der Waals surface area (Å²) in [7, 11) is 1.36. The number of hydrogen-bond acceptors (Lipinski definition) is 5. The van der Waals surface area contributed by atoms with Gasteiger partial charge in [0.25, 0.3) is 0 Å². The number of nitrogens with one attached hydrogen (secondary N) is 1. The lowest BCUT2D eigenvalue weighted by Crippen LogP contribution is -2.25. The standard InChI is InChI=1S/C20H22N4O2/c1-26-19(25)11-4-15-2-7-17(8-3-15)23-12-13-24(14-23)18-9-5-16(6-10-18)20(21)22/h2-11H,12-14H2,1H3,(H3,21,22). The van der Waals surface area contributed by atoms with Crippen LogP contribution in [0.3, 0.4) is 0 Å². The van der Waals surface area contributed by atoms with E-state index in [2.05, 4.69) is 26.7 Å². The Morgan fingerprint density at radius 3 is 2.08 bits per heavy atom. The summed E-state index contributed by atoms with van der Waals surface area (Å²) in [4.78, 5) is 15.7. The molecule has 1 aliphatic heterocycles. The van der Waals surface area contributed by atoms with Crippen molar-refractivity contribution in [3.8, 4) is 0 Å². The van der Waals surface area contributed by atoms with E-state index >= 15 is 0 Å². The number of amidine groups is 1. The lowest BCUT2D eigenvalue weighted by atomic mass is 10.2. The number of nitrogens with two attached hydrogens (primary N) is 1. The maximum Gasteiger partial charge on any atom is 0.330 e. The maximum absolute atomic E-state index is 11.1. The van der Waals surface area contributed by atoms with E-state index in [0.717, 1.165) is 42.3 Å². The van der Waals surface area contributed by atoms with Gasteiger partial charge >= 0.3 is 5.97 Å². The van der Waals surface area contributed by atoms with Crippen molar-refractivity contribution < 1.29 is 9.53 Å². The molecule has 0 radical (unpaired) electrons. The SMILES string of the molecule is COC(=O)C=Cc1ccc(N2CCN(c3ccc(C(=N)N)cc3)C2)cc1. The molecule has 26 heavy (non-hydrogen) atoms. The Bertz CT molecular complexity index is 813. The van der Waals surface area contributed by atoms with Gasteiger partial charge in [-0.25, -0.2) is 4.79 Å². The van der Waals surface area contributed by atoms with Crippen LogP contribution in [0.15, 0.2) is 54.6 Å². The van der Waals surface area contributed by atoms with Crippen LogP contribution in [-0.4, -0.2) is 38.7 Å². The molecule has 3 rings (SSSR count). The molecule has 6 heteroatoms. The zero-order chi connectivity index (χ0) is 18.5. The van der Waals surface area contributed by atoms with Crippen molar-refractivity contribution in [2.45, 2.75) is 0 Å². The molecule has 0 amide bonds. The van der Waals surface area contributed by atoms with Gasteiger partial charge in [-0.15, -0.1) is 0 Å². The van der Waals surface area contributed by atoms with Crippen LogP contribution >= 0.6 is 0 Å². The predicted octanol–water partition coefficient (Wildman–Crippen LogP) is 2.44. The van der Waals surface area contributed by atoms with Crippen molar-refractivity contribution in [3.05, 3.63) is 65.7 Å². The summed E-state index contributed by atoms with van der Waals surface area (Å²) in [5.74, 6) is -0.277. The van der Waals surface area contributed by atoms with E-state index in [4.69, 9.17) is 11.1 Å². The van der Waals surface area contributed by atoms with Gasteiger partial charge in [0, 0.05) is 36.1 Å². The summed E-state index contributed by atoms with van der Waals surface area (Å²) >= 11 is 0. The Balaban J connectivity index is 1.64. The third-order valence-electron chi connectivity index (χ3n) is 4.40. The number of hydrogen-bond donors (Lipinski definition) is 2. The molecule has 0 bridgehead atoms. The van der Waals surface area contributed by atoms with Crippen molar-refractivity contribution in [1.82, 2.24) is 0 Å². The fourth-order valence-corrected chi connectivity index (χ4v) is 2.89. The molecule has 2 aromatic carbocycles. The summed E-state index contributed by atoms with van der Waals surface area (Å²) in [6.07, 6.45) is 3.15. The number of nitrogens with zero attached hydrogens (tertiary/aromatic N) is 2. The van der Waals surface area contributed by atoms with Crippen molar-refractivity contribution >= 4 is 29.3 Å². The summed E-state index contributed by atoms with van der Waals surface area (Å²) in [5, 5.41) is 7.47. The van der Waals surface area contributed by atoms with Gasteiger partial charge in [-0.2, -0.15) is 0 Å². The molecule has 0 spiro atoms. The Morgan fingerprint density at radius 1 is 1.04 bits per heavy atom. The first-order chi connectivity index (χ1) is 12.6. The molecule has 1 fully saturated rings. The van der Waals surface area contributed by atoms with Crippen molar-refractivity contribution in [1.29, 1.82) is 5.41 Å². The number of rotatable bonds is 5. The van der Waals surface area contributed by atoms with Crippen LogP contribution in [0.2, 0.25) is 0 Å². The van der Waals surface area contributed by atoms with Gasteiger partial charge in [0.15, 0.2) is 0 Å². The minimum atomic E-state index is -0.361. The molecule has 1 saturated heterocycles. The van der Waals surface area contributed by atoms with Gasteiger partial charge in [-0.1, -0.05) is 12.1 Å². The number of esters is 1. The molecule has 1 heterocycles. The third-order valence-corrected chi connectivity index (χ3v) is 4.40. The number of benzene rings is 2. The van der Waals surface area contributed by atoms with E-state index in [0.29, 0.717) is 0 Å². The van der Waals surface area contributed by atoms with Gasteiger partial charge in [-0.05, 0) is 48.0 Å². The van der Waals surface area contributed by atoms with Crippen LogP contribution in [-0.2, 0) is 9.53 Å². The van der Waals surface area contributed by atoms with Gasteiger partial charge < -0.3 is 20.3 Å². The summed E-state index contributed by atoms with van der Waals surface area (Å²) in [6, 6.07) is 15.8. The second kappa shape index (κ2) is 7.74. The first-order valence-electron chi connectivity index (χ1n) is 8.37. The van der Waals surface area contributed by atoms with Gasteiger partial charge in [-0.3, -0.25) is 5.41 Å². The highest BCUT2D eigenvalue weighted by Crippen LogP contribution is 2.24. The zero-order valence-electron chi connectivity index (χ0n) is 14.7. The fourth-order valence-electron chi connectivity index (χ4n) is 2.89. The Labute approximate surface area is 153 Å². The van der Waals surface area contributed by atoms with Crippen molar-refractivity contribution in [2.75, 3.05) is 36.7 Å². The molecule has 6 nitrogen and oxygen atoms in total. The van der Waals surface area contributed by atoms with Crippen LogP contribution in [0.1, 0.15) is 11.1 Å². The highest BCUT2D eigenvalue weighted by Gasteiger charge is 2.20. The minimum Gasteiger partial charge on any atom is -0.466 e. The Morgan fingerprint density at radius 2 is 1.58 bits per heavy atom. The van der Waals surface area contributed by atoms with Crippen LogP contribution in [0.25, 0.3) is 6.08 Å². The van der Waals surface area contributed by atoms with Crippen LogP contribution in [0.4, 0.5) is 11.4 Å². The third kappa shape index (κ3) is 4.03. The van der Waals surface area contributed by atoms with Crippen LogP contribution in [0.5, 0.6) is 0 Å². The van der Waals surface area contributed by atoms with Gasteiger partial charge in [0.1, 0.15) is 5.84 Å². The van der Waals surface area contributed by atoms with E-state index in [9.17, 15) is 4.79 Å². The first-order valence-corrected chi connectivity index (χ1v) is 8.37. The van der Waals surface area contributed by atoms with E-state index in [1.807, 2.05) is 36.4 Å². The molecule has 0 unspecified atom stereocenters. The average molecular weight is 350 g/mol. The zero-order valence-corrected chi connectivity index (χ0v) is 14.7. The average Bonchev–Trinajstić information content (AvgIpc) is 3.16. The second-order valence-electron chi connectivity index (χ2n) is 6.08. The molecule has 0 saturated carbocycles. The monoisotopic (exact) mass is 350 g/mol. The van der Waals surface area contributed by atoms with E-state index in [1.54, 1.807) is 6.08 Å². The van der Waals surface area contributed by atoms with Crippen molar-refractivity contribution in [3.63, 3.8) is 0 Å². The smallest absolute Gasteiger partial charge is 0.330 e. The number of carbonyl (C=O) groups excluding carboxylic acids is 1. The second-order valence-corrected chi connectivity index (χ2v) is 6.08. The van der Waals surface area contributed by atoms with Gasteiger partial charge in [0.2, 0.25) is 0 Å². The predicted molar refractivity (Wildman–Crippen MR) is 105 cm³/mol. The Hall–Kier alpha value is -3.28. The first kappa shape index (κ1) is 17.5.